The van der Waals surface area contributed by atoms with E-state index in [1.165, 1.54) is 31.2 Å². The first-order chi connectivity index (χ1) is 10.7. The van der Waals surface area contributed by atoms with Crippen LogP contribution in [0.25, 0.3) is 0 Å². The number of halogens is 1. The number of hydrogen-bond donors (Lipinski definition) is 3. The number of carbonyl (C=O) groups is 1. The largest absolute Gasteiger partial charge is 0.384 e. The number of aryl methyl sites for hydroxylation is 2. The molecular formula is C16H18FN3O3. The number of benzene rings is 1. The quantitative estimate of drug-likeness (QED) is 0.788. The number of hydrogen-bond acceptors (Lipinski definition) is 4. The molecular weight excluding hydrogens is 301 g/mol. The molecule has 1 unspecified atom stereocenters. The fourth-order valence-electron chi connectivity index (χ4n) is 2.02. The summed E-state index contributed by atoms with van der Waals surface area (Å²) < 4.78 is 12.9. The van der Waals surface area contributed by atoms with Crippen molar-refractivity contribution in [3.05, 3.63) is 63.1 Å². The molecule has 0 aliphatic heterocycles. The van der Waals surface area contributed by atoms with E-state index in [-0.39, 0.29) is 12.2 Å². The van der Waals surface area contributed by atoms with Gasteiger partial charge in [0, 0.05) is 5.69 Å². The van der Waals surface area contributed by atoms with E-state index >= 15 is 0 Å². The van der Waals surface area contributed by atoms with E-state index in [1.807, 2.05) is 0 Å². The lowest BCUT2D eigenvalue weighted by Crippen LogP contribution is -2.41. The number of H-pyrrole nitrogens is 1. The molecule has 2 aromatic rings. The first-order valence-corrected chi connectivity index (χ1v) is 7.05. The molecule has 6 nitrogen and oxygen atoms in total. The molecule has 2 rings (SSSR count). The van der Waals surface area contributed by atoms with Gasteiger partial charge in [0.2, 0.25) is 0 Å². The Bertz CT molecular complexity index is 782. The summed E-state index contributed by atoms with van der Waals surface area (Å²) in [5, 5.41) is 12.9. The van der Waals surface area contributed by atoms with Crippen molar-refractivity contribution in [1.82, 2.24) is 15.3 Å². The highest BCUT2D eigenvalue weighted by atomic mass is 19.1. The Labute approximate surface area is 132 Å². The molecule has 0 aliphatic carbocycles. The van der Waals surface area contributed by atoms with Gasteiger partial charge in [0.05, 0.1) is 12.2 Å². The van der Waals surface area contributed by atoms with Crippen LogP contribution in [0.1, 0.15) is 34.4 Å². The monoisotopic (exact) mass is 319 g/mol. The third-order valence-electron chi connectivity index (χ3n) is 3.61. The highest BCUT2D eigenvalue weighted by Crippen LogP contribution is 2.19. The number of amides is 1. The maximum absolute atomic E-state index is 12.9. The van der Waals surface area contributed by atoms with Gasteiger partial charge in [-0.15, -0.1) is 0 Å². The van der Waals surface area contributed by atoms with Crippen LogP contribution in [-0.4, -0.2) is 27.5 Å². The Morgan fingerprint density at radius 3 is 2.57 bits per heavy atom. The van der Waals surface area contributed by atoms with Crippen molar-refractivity contribution in [3.63, 3.8) is 0 Å². The summed E-state index contributed by atoms with van der Waals surface area (Å²) in [6.07, 6.45) is 0. The van der Waals surface area contributed by atoms with Crippen molar-refractivity contribution in [2.75, 3.05) is 6.54 Å². The zero-order valence-electron chi connectivity index (χ0n) is 13.1. The average Bonchev–Trinajstić information content (AvgIpc) is 2.49. The third kappa shape index (κ3) is 3.81. The highest BCUT2D eigenvalue weighted by molar-refractivity contribution is 5.91. The fraction of sp³-hybridized carbons (Fsp3) is 0.312. The molecule has 1 heterocycles. The lowest BCUT2D eigenvalue weighted by atomic mass is 9.96. The first kappa shape index (κ1) is 16.8. The number of aliphatic hydroxyl groups is 1. The number of aromatic nitrogens is 2. The molecule has 0 saturated heterocycles. The topological polar surface area (TPSA) is 95.1 Å². The van der Waals surface area contributed by atoms with E-state index < -0.39 is 22.9 Å². The first-order valence-electron chi connectivity index (χ1n) is 7.05. The van der Waals surface area contributed by atoms with Gasteiger partial charge in [-0.2, -0.15) is 0 Å². The summed E-state index contributed by atoms with van der Waals surface area (Å²) in [6, 6.07) is 5.31. The Kier molecular flexibility index (Phi) is 4.60. The minimum Gasteiger partial charge on any atom is -0.384 e. The highest BCUT2D eigenvalue weighted by Gasteiger charge is 2.25. The second-order valence-electron chi connectivity index (χ2n) is 5.59. The lowest BCUT2D eigenvalue weighted by Gasteiger charge is -2.24. The summed E-state index contributed by atoms with van der Waals surface area (Å²) in [7, 11) is 0. The molecule has 1 aromatic heterocycles. The normalized spacial score (nSPS) is 13.4. The van der Waals surface area contributed by atoms with Crippen molar-refractivity contribution >= 4 is 5.91 Å². The van der Waals surface area contributed by atoms with Crippen LogP contribution in [0, 0.1) is 19.7 Å². The van der Waals surface area contributed by atoms with Crippen molar-refractivity contribution in [3.8, 4) is 0 Å². The van der Waals surface area contributed by atoms with Gasteiger partial charge in [-0.05, 0) is 38.5 Å². The smallest absolute Gasteiger partial charge is 0.279 e. The van der Waals surface area contributed by atoms with Crippen molar-refractivity contribution in [2.24, 2.45) is 0 Å². The number of carbonyl (C=O) groups excluding carboxylic acids is 1. The van der Waals surface area contributed by atoms with Gasteiger partial charge in [0.1, 0.15) is 11.4 Å². The van der Waals surface area contributed by atoms with E-state index in [0.717, 1.165) is 0 Å². The zero-order valence-corrected chi connectivity index (χ0v) is 13.1. The number of rotatable bonds is 4. The number of nitrogens with zero attached hydrogens (tertiary/aromatic N) is 1. The maximum atomic E-state index is 12.9. The van der Waals surface area contributed by atoms with Crippen LogP contribution in [0.15, 0.2) is 29.1 Å². The summed E-state index contributed by atoms with van der Waals surface area (Å²) in [5.74, 6) is -1.10. The van der Waals surface area contributed by atoms with Gasteiger partial charge in [-0.3, -0.25) is 9.59 Å². The van der Waals surface area contributed by atoms with E-state index in [9.17, 15) is 19.1 Å². The Morgan fingerprint density at radius 2 is 1.96 bits per heavy atom. The van der Waals surface area contributed by atoms with Crippen molar-refractivity contribution < 1.29 is 14.3 Å². The summed E-state index contributed by atoms with van der Waals surface area (Å²) in [6.45, 7) is 4.70. The van der Waals surface area contributed by atoms with Gasteiger partial charge < -0.3 is 15.4 Å². The third-order valence-corrected chi connectivity index (χ3v) is 3.61. The van der Waals surface area contributed by atoms with Crippen LogP contribution in [-0.2, 0) is 5.60 Å². The van der Waals surface area contributed by atoms with Crippen LogP contribution in [0.3, 0.4) is 0 Å². The number of aromatic amines is 1. The Morgan fingerprint density at radius 1 is 1.35 bits per heavy atom. The summed E-state index contributed by atoms with van der Waals surface area (Å²) in [5.41, 5.74) is -0.684. The minimum absolute atomic E-state index is 0.147. The molecule has 23 heavy (non-hydrogen) atoms. The second kappa shape index (κ2) is 6.29. The summed E-state index contributed by atoms with van der Waals surface area (Å²) >= 11 is 0. The molecule has 1 amide bonds. The van der Waals surface area contributed by atoms with Crippen molar-refractivity contribution in [2.45, 2.75) is 26.4 Å². The van der Waals surface area contributed by atoms with Crippen LogP contribution >= 0.6 is 0 Å². The van der Waals surface area contributed by atoms with Gasteiger partial charge >= 0.3 is 0 Å². The molecule has 0 bridgehead atoms. The predicted molar refractivity (Wildman–Crippen MR) is 82.6 cm³/mol. The van der Waals surface area contributed by atoms with E-state index in [0.29, 0.717) is 17.0 Å². The minimum atomic E-state index is -1.41. The molecule has 122 valence electrons. The second-order valence-corrected chi connectivity index (χ2v) is 5.59. The zero-order chi connectivity index (χ0) is 17.2. The van der Waals surface area contributed by atoms with Gasteiger partial charge in [0.25, 0.3) is 11.5 Å². The predicted octanol–water partition coefficient (Wildman–Crippen LogP) is 1.16. The van der Waals surface area contributed by atoms with Gasteiger partial charge in [-0.25, -0.2) is 9.37 Å². The molecule has 3 N–H and O–H groups in total. The van der Waals surface area contributed by atoms with E-state index in [1.54, 1.807) is 13.8 Å². The maximum Gasteiger partial charge on any atom is 0.279 e. The Balaban J connectivity index is 2.13. The number of nitrogens with one attached hydrogen (secondary N) is 2. The summed E-state index contributed by atoms with van der Waals surface area (Å²) in [4.78, 5) is 30.4. The van der Waals surface area contributed by atoms with Crippen molar-refractivity contribution in [1.29, 1.82) is 0 Å². The molecule has 0 saturated carbocycles. The van der Waals surface area contributed by atoms with Crippen LogP contribution in [0.5, 0.6) is 0 Å². The van der Waals surface area contributed by atoms with Crippen LogP contribution < -0.4 is 10.9 Å². The molecule has 0 fully saturated rings. The SMILES string of the molecule is Cc1nc(C(=O)NCC(C)(O)c2ccc(F)cc2)c(=O)[nH]c1C. The molecule has 0 radical (unpaired) electrons. The van der Waals surface area contributed by atoms with Crippen LogP contribution in [0.2, 0.25) is 0 Å². The fourth-order valence-corrected chi connectivity index (χ4v) is 2.02. The van der Waals surface area contributed by atoms with E-state index in [4.69, 9.17) is 0 Å². The molecule has 0 aliphatic rings. The molecule has 0 spiro atoms. The van der Waals surface area contributed by atoms with E-state index in [2.05, 4.69) is 15.3 Å². The Hall–Kier alpha value is -2.54. The van der Waals surface area contributed by atoms with Gasteiger partial charge in [-0.1, -0.05) is 12.1 Å². The molecule has 7 heteroatoms. The van der Waals surface area contributed by atoms with Crippen LogP contribution in [0.4, 0.5) is 4.39 Å². The lowest BCUT2D eigenvalue weighted by molar-refractivity contribution is 0.0524. The standard InChI is InChI=1S/C16H18FN3O3/c1-9-10(2)20-15(22)13(19-9)14(21)18-8-16(3,23)11-4-6-12(17)7-5-11/h4-7,23H,8H2,1-3H3,(H,18,21)(H,20,22). The van der Waals surface area contributed by atoms with Gasteiger partial charge in [0.15, 0.2) is 5.69 Å². The molecule has 1 atom stereocenters. The molecule has 1 aromatic carbocycles. The average molecular weight is 319 g/mol.